The maximum Gasteiger partial charge on any atom is 0.254 e. The molecule has 2 aromatic rings. The van der Waals surface area contributed by atoms with Gasteiger partial charge in [-0.05, 0) is 36.5 Å². The van der Waals surface area contributed by atoms with Gasteiger partial charge in [-0.15, -0.1) is 0 Å². The Kier molecular flexibility index (Phi) is 4.94. The molecule has 6 nitrogen and oxygen atoms in total. The third kappa shape index (κ3) is 3.82. The zero-order valence-electron chi connectivity index (χ0n) is 14.1. The van der Waals surface area contributed by atoms with E-state index in [1.807, 2.05) is 4.68 Å². The van der Waals surface area contributed by atoms with Gasteiger partial charge in [0.1, 0.15) is 0 Å². The summed E-state index contributed by atoms with van der Waals surface area (Å²) in [6.07, 6.45) is 6.40. The summed E-state index contributed by atoms with van der Waals surface area (Å²) in [5.41, 5.74) is 2.42. The van der Waals surface area contributed by atoms with Crippen molar-refractivity contribution in [3.8, 4) is 0 Å². The predicted octanol–water partition coefficient (Wildman–Crippen LogP) is 2.27. The van der Waals surface area contributed by atoms with Crippen LogP contribution in [0.2, 0.25) is 0 Å². The number of aromatic nitrogens is 3. The van der Waals surface area contributed by atoms with E-state index in [0.717, 1.165) is 30.6 Å². The molecule has 2 aromatic heterocycles. The Morgan fingerprint density at radius 1 is 1.38 bits per heavy atom. The SMILES string of the molecule is CC(C)Cn1ncc(C(=O)NCC(O)c2ccncc2)c1C1CC1. The van der Waals surface area contributed by atoms with E-state index in [2.05, 4.69) is 29.2 Å². The van der Waals surface area contributed by atoms with Gasteiger partial charge in [0, 0.05) is 31.4 Å². The lowest BCUT2D eigenvalue weighted by Gasteiger charge is -2.13. The fourth-order valence-electron chi connectivity index (χ4n) is 2.84. The van der Waals surface area contributed by atoms with Crippen molar-refractivity contribution in [2.45, 2.75) is 45.3 Å². The lowest BCUT2D eigenvalue weighted by molar-refractivity contribution is 0.0915. The van der Waals surface area contributed by atoms with Gasteiger partial charge in [-0.2, -0.15) is 5.10 Å². The fourth-order valence-corrected chi connectivity index (χ4v) is 2.84. The molecule has 0 radical (unpaired) electrons. The van der Waals surface area contributed by atoms with E-state index >= 15 is 0 Å². The summed E-state index contributed by atoms with van der Waals surface area (Å²) in [6, 6.07) is 3.49. The minimum Gasteiger partial charge on any atom is -0.387 e. The van der Waals surface area contributed by atoms with Crippen molar-refractivity contribution in [2.75, 3.05) is 6.54 Å². The number of nitrogens with one attached hydrogen (secondary N) is 1. The number of aliphatic hydroxyl groups excluding tert-OH is 1. The maximum absolute atomic E-state index is 12.5. The van der Waals surface area contributed by atoms with Crippen molar-refractivity contribution in [1.82, 2.24) is 20.1 Å². The Labute approximate surface area is 141 Å². The van der Waals surface area contributed by atoms with E-state index in [0.29, 0.717) is 17.4 Å². The van der Waals surface area contributed by atoms with Gasteiger partial charge in [0.25, 0.3) is 5.91 Å². The standard InChI is InChI=1S/C18H24N4O2/c1-12(2)11-22-17(14-3-4-14)15(9-21-22)18(24)20-10-16(23)13-5-7-19-8-6-13/h5-9,12,14,16,23H,3-4,10-11H2,1-2H3,(H,20,24). The van der Waals surface area contributed by atoms with Gasteiger partial charge in [-0.25, -0.2) is 0 Å². The van der Waals surface area contributed by atoms with Crippen molar-refractivity contribution in [1.29, 1.82) is 0 Å². The molecule has 1 saturated carbocycles. The van der Waals surface area contributed by atoms with E-state index in [1.54, 1.807) is 30.7 Å². The Bertz CT molecular complexity index is 692. The molecule has 2 N–H and O–H groups in total. The number of aliphatic hydroxyl groups is 1. The van der Waals surface area contributed by atoms with Crippen LogP contribution in [0.15, 0.2) is 30.7 Å². The van der Waals surface area contributed by atoms with Crippen LogP contribution < -0.4 is 5.32 Å². The molecule has 1 unspecified atom stereocenters. The molecule has 128 valence electrons. The second-order valence-corrected chi connectivity index (χ2v) is 6.80. The summed E-state index contributed by atoms with van der Waals surface area (Å²) in [4.78, 5) is 16.5. The van der Waals surface area contributed by atoms with Gasteiger partial charge >= 0.3 is 0 Å². The second kappa shape index (κ2) is 7.13. The first-order chi connectivity index (χ1) is 11.6. The van der Waals surface area contributed by atoms with Crippen LogP contribution in [0.3, 0.4) is 0 Å². The van der Waals surface area contributed by atoms with Crippen LogP contribution >= 0.6 is 0 Å². The van der Waals surface area contributed by atoms with Crippen molar-refractivity contribution in [2.24, 2.45) is 5.92 Å². The predicted molar refractivity (Wildman–Crippen MR) is 90.6 cm³/mol. The number of pyridine rings is 1. The van der Waals surface area contributed by atoms with Crippen LogP contribution in [0.4, 0.5) is 0 Å². The highest BCUT2D eigenvalue weighted by Crippen LogP contribution is 2.41. The number of hydrogen-bond donors (Lipinski definition) is 2. The Hall–Kier alpha value is -2.21. The van der Waals surface area contributed by atoms with Gasteiger partial charge in [0.2, 0.25) is 0 Å². The van der Waals surface area contributed by atoms with Gasteiger partial charge in [-0.1, -0.05) is 13.8 Å². The summed E-state index contributed by atoms with van der Waals surface area (Å²) in [6.45, 7) is 5.27. The molecule has 0 aromatic carbocycles. The number of carbonyl (C=O) groups excluding carboxylic acids is 1. The van der Waals surface area contributed by atoms with Gasteiger partial charge in [-0.3, -0.25) is 14.5 Å². The number of amides is 1. The number of carbonyl (C=O) groups is 1. The van der Waals surface area contributed by atoms with Crippen molar-refractivity contribution < 1.29 is 9.90 Å². The highest BCUT2D eigenvalue weighted by atomic mass is 16.3. The van der Waals surface area contributed by atoms with E-state index in [4.69, 9.17) is 0 Å². The van der Waals surface area contributed by atoms with Crippen LogP contribution in [0.25, 0.3) is 0 Å². The molecule has 0 bridgehead atoms. The molecule has 0 spiro atoms. The molecule has 0 saturated heterocycles. The number of rotatable bonds is 7. The highest BCUT2D eigenvalue weighted by Gasteiger charge is 2.32. The van der Waals surface area contributed by atoms with Gasteiger partial charge in [0.05, 0.1) is 23.6 Å². The number of nitrogens with zero attached hydrogens (tertiary/aromatic N) is 3. The minimum atomic E-state index is -0.743. The molecular weight excluding hydrogens is 304 g/mol. The summed E-state index contributed by atoms with van der Waals surface area (Å²) in [5.74, 6) is 0.754. The lowest BCUT2D eigenvalue weighted by atomic mass is 10.1. The van der Waals surface area contributed by atoms with E-state index in [-0.39, 0.29) is 12.5 Å². The smallest absolute Gasteiger partial charge is 0.254 e. The number of hydrogen-bond acceptors (Lipinski definition) is 4. The molecule has 3 rings (SSSR count). The van der Waals surface area contributed by atoms with Crippen LogP contribution in [0, 0.1) is 5.92 Å². The van der Waals surface area contributed by atoms with Crippen LogP contribution in [-0.2, 0) is 6.54 Å². The van der Waals surface area contributed by atoms with Crippen LogP contribution in [0.5, 0.6) is 0 Å². The molecule has 1 atom stereocenters. The van der Waals surface area contributed by atoms with Gasteiger partial charge in [0.15, 0.2) is 0 Å². The van der Waals surface area contributed by atoms with Crippen molar-refractivity contribution in [3.63, 3.8) is 0 Å². The second-order valence-electron chi connectivity index (χ2n) is 6.80. The molecule has 0 aliphatic heterocycles. The van der Waals surface area contributed by atoms with E-state index in [9.17, 15) is 9.90 Å². The van der Waals surface area contributed by atoms with Gasteiger partial charge < -0.3 is 10.4 Å². The molecule has 2 heterocycles. The maximum atomic E-state index is 12.5. The average molecular weight is 328 g/mol. The largest absolute Gasteiger partial charge is 0.387 e. The average Bonchev–Trinajstić information content (AvgIpc) is 3.33. The Morgan fingerprint density at radius 2 is 2.08 bits per heavy atom. The lowest BCUT2D eigenvalue weighted by Crippen LogP contribution is -2.29. The fraction of sp³-hybridized carbons (Fsp3) is 0.500. The first-order valence-corrected chi connectivity index (χ1v) is 8.48. The zero-order chi connectivity index (χ0) is 17.1. The molecule has 1 aliphatic rings. The van der Waals surface area contributed by atoms with Crippen LogP contribution in [-0.4, -0.2) is 32.3 Å². The van der Waals surface area contributed by atoms with Crippen molar-refractivity contribution >= 4 is 5.91 Å². The third-order valence-corrected chi connectivity index (χ3v) is 4.17. The summed E-state index contributed by atoms with van der Waals surface area (Å²) < 4.78 is 1.97. The molecule has 6 heteroatoms. The molecule has 1 amide bonds. The zero-order valence-corrected chi connectivity index (χ0v) is 14.1. The Balaban J connectivity index is 1.68. The summed E-state index contributed by atoms with van der Waals surface area (Å²) in [7, 11) is 0. The first kappa shape index (κ1) is 16.6. The molecule has 1 aliphatic carbocycles. The summed E-state index contributed by atoms with van der Waals surface area (Å²) in [5, 5.41) is 17.4. The molecule has 1 fully saturated rings. The molecule has 24 heavy (non-hydrogen) atoms. The minimum absolute atomic E-state index is 0.167. The highest BCUT2D eigenvalue weighted by molar-refractivity contribution is 5.95. The van der Waals surface area contributed by atoms with E-state index < -0.39 is 6.10 Å². The molecular formula is C18H24N4O2. The monoisotopic (exact) mass is 328 g/mol. The van der Waals surface area contributed by atoms with E-state index in [1.165, 1.54) is 0 Å². The summed E-state index contributed by atoms with van der Waals surface area (Å²) >= 11 is 0. The third-order valence-electron chi connectivity index (χ3n) is 4.17. The quantitative estimate of drug-likeness (QED) is 0.817. The Morgan fingerprint density at radius 3 is 2.71 bits per heavy atom. The normalized spacial score (nSPS) is 15.5. The first-order valence-electron chi connectivity index (χ1n) is 8.48. The van der Waals surface area contributed by atoms with Crippen LogP contribution in [0.1, 0.15) is 60.3 Å². The van der Waals surface area contributed by atoms with Crippen molar-refractivity contribution in [3.05, 3.63) is 47.5 Å². The topological polar surface area (TPSA) is 80.0 Å².